The summed E-state index contributed by atoms with van der Waals surface area (Å²) < 4.78 is 12.6. The molecule has 0 fully saturated rings. The molecule has 1 rings (SSSR count). The van der Waals surface area contributed by atoms with Crippen molar-refractivity contribution in [2.45, 2.75) is 64.2 Å². The molecule has 0 aliphatic heterocycles. The van der Waals surface area contributed by atoms with Crippen LogP contribution in [0, 0.1) is 5.92 Å². The first-order valence-electron chi connectivity index (χ1n) is 7.74. The van der Waals surface area contributed by atoms with E-state index < -0.39 is 22.7 Å². The number of aliphatic carboxylic acids is 1. The summed E-state index contributed by atoms with van der Waals surface area (Å²) in [4.78, 5) is 11.6. The molecule has 2 N–H and O–H groups in total. The molecule has 0 spiro atoms. The number of aromatic hydroxyl groups is 1. The number of benzene rings is 1. The predicted molar refractivity (Wildman–Crippen MR) is 93.6 cm³/mol. The lowest BCUT2D eigenvalue weighted by atomic mass is 9.79. The van der Waals surface area contributed by atoms with Crippen molar-refractivity contribution in [3.63, 3.8) is 0 Å². The molecule has 0 aliphatic carbocycles. The van der Waals surface area contributed by atoms with Crippen LogP contribution in [0.3, 0.4) is 0 Å². The molecule has 23 heavy (non-hydrogen) atoms. The number of phenols is 1. The Morgan fingerprint density at radius 3 is 1.78 bits per heavy atom. The average molecular weight is 340 g/mol. The monoisotopic (exact) mass is 340 g/mol. The minimum absolute atomic E-state index is 0.0628. The summed E-state index contributed by atoms with van der Waals surface area (Å²) in [6.45, 7) is 13.5. The van der Waals surface area contributed by atoms with E-state index in [-0.39, 0.29) is 22.3 Å². The molecule has 2 unspecified atom stereocenters. The molecule has 0 radical (unpaired) electrons. The van der Waals surface area contributed by atoms with Gasteiger partial charge in [0.05, 0.1) is 16.7 Å². The Morgan fingerprint density at radius 2 is 1.48 bits per heavy atom. The van der Waals surface area contributed by atoms with Crippen molar-refractivity contribution >= 4 is 16.8 Å². The van der Waals surface area contributed by atoms with Gasteiger partial charge in [-0.15, -0.1) is 0 Å². The van der Waals surface area contributed by atoms with Gasteiger partial charge in [-0.2, -0.15) is 0 Å². The Labute approximate surface area is 141 Å². The van der Waals surface area contributed by atoms with Gasteiger partial charge in [0, 0.05) is 21.8 Å². The van der Waals surface area contributed by atoms with Crippen molar-refractivity contribution in [3.8, 4) is 5.75 Å². The van der Waals surface area contributed by atoms with Gasteiger partial charge in [0.2, 0.25) is 0 Å². The van der Waals surface area contributed by atoms with Crippen molar-refractivity contribution in [1.29, 1.82) is 0 Å². The van der Waals surface area contributed by atoms with Crippen LogP contribution in [-0.4, -0.2) is 26.1 Å². The molecule has 2 atom stereocenters. The first-order chi connectivity index (χ1) is 10.2. The molecule has 0 heterocycles. The second kappa shape index (κ2) is 6.63. The van der Waals surface area contributed by atoms with Gasteiger partial charge >= 0.3 is 5.97 Å². The van der Waals surface area contributed by atoms with Gasteiger partial charge in [0.1, 0.15) is 5.75 Å². The third-order valence-electron chi connectivity index (χ3n) is 3.79. The lowest BCUT2D eigenvalue weighted by Crippen LogP contribution is -2.20. The van der Waals surface area contributed by atoms with E-state index in [1.54, 1.807) is 19.1 Å². The zero-order chi connectivity index (χ0) is 18.2. The van der Waals surface area contributed by atoms with Crippen LogP contribution in [0.5, 0.6) is 5.75 Å². The van der Waals surface area contributed by atoms with Gasteiger partial charge in [0.15, 0.2) is 0 Å². The average Bonchev–Trinajstić information content (AvgIpc) is 2.35. The minimum Gasteiger partial charge on any atom is -0.507 e. The third kappa shape index (κ3) is 4.80. The van der Waals surface area contributed by atoms with Crippen LogP contribution < -0.4 is 0 Å². The van der Waals surface area contributed by atoms with E-state index in [1.807, 2.05) is 41.5 Å². The Morgan fingerprint density at radius 1 is 1.09 bits per heavy atom. The molecular weight excluding hydrogens is 312 g/mol. The molecule has 1 aromatic rings. The van der Waals surface area contributed by atoms with E-state index in [9.17, 15) is 14.1 Å². The normalized spacial score (nSPS) is 15.3. The molecule has 5 heteroatoms. The molecular formula is C18H28O4S. The quantitative estimate of drug-likeness (QED) is 0.874. The highest BCUT2D eigenvalue weighted by atomic mass is 32.2. The number of rotatable bonds is 4. The molecule has 0 saturated carbocycles. The Hall–Kier alpha value is -1.36. The van der Waals surface area contributed by atoms with Crippen molar-refractivity contribution in [1.82, 2.24) is 0 Å². The smallest absolute Gasteiger partial charge is 0.307 e. The number of carboxylic acids is 1. The Kier molecular flexibility index (Phi) is 5.68. The van der Waals surface area contributed by atoms with Gasteiger partial charge in [-0.25, -0.2) is 0 Å². The second-order valence-corrected chi connectivity index (χ2v) is 9.61. The number of carboxylic acid groups (broad SMARTS) is 1. The van der Waals surface area contributed by atoms with Crippen LogP contribution in [0.25, 0.3) is 0 Å². The van der Waals surface area contributed by atoms with Crippen molar-refractivity contribution in [2.24, 2.45) is 5.92 Å². The molecule has 0 aromatic heterocycles. The third-order valence-corrected chi connectivity index (χ3v) is 5.35. The first kappa shape index (κ1) is 19.7. The SMILES string of the molecule is CC(CS(=O)c1cc(C(C)(C)C)c(O)c(C(C)(C)C)c1)C(=O)O. The molecule has 1 aromatic carbocycles. The van der Waals surface area contributed by atoms with Crippen LogP contribution in [0.15, 0.2) is 17.0 Å². The van der Waals surface area contributed by atoms with Gasteiger partial charge in [-0.3, -0.25) is 9.00 Å². The largest absolute Gasteiger partial charge is 0.507 e. The summed E-state index contributed by atoms with van der Waals surface area (Å²) in [5.41, 5.74) is 0.860. The highest BCUT2D eigenvalue weighted by Crippen LogP contribution is 2.40. The zero-order valence-electron chi connectivity index (χ0n) is 15.1. The summed E-state index contributed by atoms with van der Waals surface area (Å²) in [6, 6.07) is 3.49. The number of hydrogen-bond donors (Lipinski definition) is 2. The maximum atomic E-state index is 12.6. The molecule has 130 valence electrons. The number of phenolic OH excluding ortho intramolecular Hbond substituents is 1. The van der Waals surface area contributed by atoms with Crippen molar-refractivity contribution in [3.05, 3.63) is 23.3 Å². The first-order valence-corrected chi connectivity index (χ1v) is 9.06. The second-order valence-electron chi connectivity index (χ2n) is 8.12. The van der Waals surface area contributed by atoms with Crippen molar-refractivity contribution < 1.29 is 19.2 Å². The summed E-state index contributed by atoms with van der Waals surface area (Å²) in [6.07, 6.45) is 0. The van der Waals surface area contributed by atoms with Crippen LogP contribution >= 0.6 is 0 Å². The van der Waals surface area contributed by atoms with Gasteiger partial charge in [-0.05, 0) is 23.0 Å². The van der Waals surface area contributed by atoms with Crippen molar-refractivity contribution in [2.75, 3.05) is 5.75 Å². The van der Waals surface area contributed by atoms with Crippen LogP contribution in [0.2, 0.25) is 0 Å². The molecule has 0 saturated heterocycles. The highest BCUT2D eigenvalue weighted by molar-refractivity contribution is 7.85. The maximum absolute atomic E-state index is 12.6. The zero-order valence-corrected chi connectivity index (χ0v) is 15.9. The van der Waals surface area contributed by atoms with Gasteiger partial charge in [0.25, 0.3) is 0 Å². The molecule has 4 nitrogen and oxygen atoms in total. The fourth-order valence-corrected chi connectivity index (χ4v) is 3.57. The summed E-state index contributed by atoms with van der Waals surface area (Å²) in [5, 5.41) is 19.7. The van der Waals surface area contributed by atoms with Crippen LogP contribution in [0.1, 0.15) is 59.6 Å². The lowest BCUT2D eigenvalue weighted by molar-refractivity contribution is -0.140. The minimum atomic E-state index is -1.42. The fourth-order valence-electron chi connectivity index (χ4n) is 2.28. The molecule has 0 aliphatic rings. The standard InChI is InChI=1S/C18H28O4S/c1-11(16(20)21)10-23(22)12-8-13(17(2,3)4)15(19)14(9-12)18(5,6)7/h8-9,11,19H,10H2,1-7H3,(H,20,21). The van der Waals surface area contributed by atoms with E-state index in [0.29, 0.717) is 4.90 Å². The van der Waals surface area contributed by atoms with E-state index >= 15 is 0 Å². The Bertz CT molecular complexity index is 586. The highest BCUT2D eigenvalue weighted by Gasteiger charge is 2.28. The fraction of sp³-hybridized carbons (Fsp3) is 0.611. The van der Waals surface area contributed by atoms with E-state index in [1.165, 1.54) is 0 Å². The predicted octanol–water partition coefficient (Wildman–Crippen LogP) is 3.82. The summed E-state index contributed by atoms with van der Waals surface area (Å²) in [5.74, 6) is -1.34. The summed E-state index contributed by atoms with van der Waals surface area (Å²) in [7, 11) is -1.42. The van der Waals surface area contributed by atoms with E-state index in [2.05, 4.69) is 0 Å². The lowest BCUT2D eigenvalue weighted by Gasteiger charge is -2.28. The van der Waals surface area contributed by atoms with Gasteiger partial charge < -0.3 is 10.2 Å². The van der Waals surface area contributed by atoms with Crippen LogP contribution in [0.4, 0.5) is 0 Å². The number of carbonyl (C=O) groups is 1. The Balaban J connectivity index is 3.45. The van der Waals surface area contributed by atoms with E-state index in [0.717, 1.165) is 11.1 Å². The van der Waals surface area contributed by atoms with Gasteiger partial charge in [-0.1, -0.05) is 48.5 Å². The maximum Gasteiger partial charge on any atom is 0.307 e. The van der Waals surface area contributed by atoms with Crippen LogP contribution in [-0.2, 0) is 26.4 Å². The topological polar surface area (TPSA) is 74.6 Å². The number of hydrogen-bond acceptors (Lipinski definition) is 3. The molecule has 0 bridgehead atoms. The molecule has 0 amide bonds. The summed E-state index contributed by atoms with van der Waals surface area (Å²) >= 11 is 0. The van der Waals surface area contributed by atoms with E-state index in [4.69, 9.17) is 5.11 Å².